The lowest BCUT2D eigenvalue weighted by Crippen LogP contribution is -2.30. The number of benzene rings is 1. The Labute approximate surface area is 209 Å². The number of halogens is 3. The molecule has 1 saturated carbocycles. The van der Waals surface area contributed by atoms with E-state index in [2.05, 4.69) is 23.6 Å². The number of Topliss-reactive ketones (excluding diaryl/α,β-unsaturated/α-hetero) is 1. The lowest BCUT2D eigenvalue weighted by Gasteiger charge is -2.42. The summed E-state index contributed by atoms with van der Waals surface area (Å²) in [4.78, 5) is 29.5. The first-order chi connectivity index (χ1) is 16.7. The molecule has 2 atom stereocenters. The van der Waals surface area contributed by atoms with Crippen LogP contribution in [0.25, 0.3) is 0 Å². The number of ether oxygens (including phenoxy) is 2. The topological polar surface area (TPSA) is 65.5 Å². The summed E-state index contributed by atoms with van der Waals surface area (Å²) in [6, 6.07) is 5.86. The average molecular weight is 504 g/mol. The van der Waals surface area contributed by atoms with Gasteiger partial charge in [0.05, 0.1) is 12.7 Å². The Morgan fingerprint density at radius 2 is 1.86 bits per heavy atom. The number of hydrogen-bond donors (Lipinski definition) is 0. The molecule has 0 N–H and O–H groups in total. The van der Waals surface area contributed by atoms with E-state index >= 15 is 0 Å². The highest BCUT2D eigenvalue weighted by molar-refractivity contribution is 6.12. The van der Waals surface area contributed by atoms with Crippen LogP contribution in [0.15, 0.2) is 42.1 Å². The van der Waals surface area contributed by atoms with Gasteiger partial charge in [-0.2, -0.15) is 0 Å². The normalized spacial score (nSPS) is 20.1. The summed E-state index contributed by atoms with van der Waals surface area (Å²) in [5, 5.41) is 0. The number of allylic oxidation sites excluding steroid dienone is 2. The molecule has 1 fully saturated rings. The Bertz CT molecular complexity index is 1180. The van der Waals surface area contributed by atoms with Crippen molar-refractivity contribution in [3.8, 4) is 11.5 Å². The van der Waals surface area contributed by atoms with E-state index in [9.17, 15) is 22.8 Å². The van der Waals surface area contributed by atoms with Crippen LogP contribution >= 0.6 is 0 Å². The number of aromatic nitrogens is 1. The molecule has 5 nitrogen and oxygen atoms in total. The molecule has 1 aromatic heterocycles. The second-order valence-electron chi connectivity index (χ2n) is 10.2. The van der Waals surface area contributed by atoms with Crippen LogP contribution in [0, 0.1) is 18.3 Å². The van der Waals surface area contributed by atoms with Crippen molar-refractivity contribution in [2.75, 3.05) is 7.11 Å². The number of ketones is 2. The van der Waals surface area contributed by atoms with Gasteiger partial charge in [0.2, 0.25) is 0 Å². The molecule has 0 unspecified atom stereocenters. The minimum Gasteiger partial charge on any atom is -0.496 e. The van der Waals surface area contributed by atoms with Gasteiger partial charge < -0.3 is 9.47 Å². The van der Waals surface area contributed by atoms with Gasteiger partial charge in [0, 0.05) is 19.2 Å². The number of nitrogens with zero attached hydrogens (tertiary/aromatic N) is 1. The van der Waals surface area contributed by atoms with Gasteiger partial charge in [-0.1, -0.05) is 25.5 Å². The maximum Gasteiger partial charge on any atom is 0.573 e. The fraction of sp³-hybridized carbons (Fsp3) is 0.464. The highest BCUT2D eigenvalue weighted by atomic mass is 19.4. The van der Waals surface area contributed by atoms with Crippen molar-refractivity contribution < 1.29 is 32.2 Å². The molecule has 0 saturated heterocycles. The van der Waals surface area contributed by atoms with E-state index < -0.39 is 6.36 Å². The van der Waals surface area contributed by atoms with Gasteiger partial charge in [-0.15, -0.1) is 13.2 Å². The highest BCUT2D eigenvalue weighted by Crippen LogP contribution is 2.51. The van der Waals surface area contributed by atoms with Crippen molar-refractivity contribution in [1.82, 2.24) is 4.98 Å². The molecular weight excluding hydrogens is 471 g/mol. The predicted molar refractivity (Wildman–Crippen MR) is 131 cm³/mol. The van der Waals surface area contributed by atoms with Crippen LogP contribution in [0.3, 0.4) is 0 Å². The van der Waals surface area contributed by atoms with Gasteiger partial charge in [0.25, 0.3) is 0 Å². The van der Waals surface area contributed by atoms with E-state index in [-0.39, 0.29) is 40.3 Å². The summed E-state index contributed by atoms with van der Waals surface area (Å²) in [6.07, 6.45) is 0.753. The van der Waals surface area contributed by atoms with Crippen molar-refractivity contribution in [1.29, 1.82) is 0 Å². The molecule has 1 aliphatic carbocycles. The molecule has 0 bridgehead atoms. The Morgan fingerprint density at radius 3 is 2.47 bits per heavy atom. The largest absolute Gasteiger partial charge is 0.573 e. The van der Waals surface area contributed by atoms with E-state index in [0.717, 1.165) is 30.4 Å². The lowest BCUT2D eigenvalue weighted by atomic mass is 9.63. The zero-order valence-corrected chi connectivity index (χ0v) is 21.5. The first-order valence-electron chi connectivity index (χ1n) is 11.8. The lowest BCUT2D eigenvalue weighted by molar-refractivity contribution is -0.274. The SMILES string of the molecule is COc1cc(OC(F)(F)F)ccc1[C@@H]1CCC(C)(C)C[C@H]1/C(C)=C/C(=O)c1c(C)ccnc1C(C)=O. The third-order valence-corrected chi connectivity index (χ3v) is 6.91. The Balaban J connectivity index is 2.02. The molecular formula is C28H32F3NO4. The fourth-order valence-corrected chi connectivity index (χ4v) is 5.15. The van der Waals surface area contributed by atoms with Crippen molar-refractivity contribution in [2.45, 2.75) is 66.2 Å². The van der Waals surface area contributed by atoms with Gasteiger partial charge in [0.15, 0.2) is 11.6 Å². The summed E-state index contributed by atoms with van der Waals surface area (Å²) in [7, 11) is 1.42. The van der Waals surface area contributed by atoms with E-state index in [4.69, 9.17) is 4.74 Å². The Hall–Kier alpha value is -3.16. The molecule has 36 heavy (non-hydrogen) atoms. The van der Waals surface area contributed by atoms with E-state index in [1.807, 2.05) is 6.92 Å². The molecule has 1 heterocycles. The highest BCUT2D eigenvalue weighted by Gasteiger charge is 2.38. The summed E-state index contributed by atoms with van der Waals surface area (Å²) < 4.78 is 47.7. The zero-order chi connectivity index (χ0) is 26.8. The van der Waals surface area contributed by atoms with Crippen LogP contribution in [0.2, 0.25) is 0 Å². The van der Waals surface area contributed by atoms with E-state index in [1.165, 1.54) is 32.4 Å². The standard InChI is InChI=1S/C28H32F3NO4/c1-16-10-12-32-26(18(3)33)25(16)23(34)13-17(2)22-15-27(4,5)11-9-20(22)21-8-7-19(14-24(21)35-6)36-28(29,30)31/h7-8,10,12-14,20,22H,9,11,15H2,1-6H3/b17-13+/t20-,22-/m0/s1. The molecule has 3 rings (SSSR count). The minimum atomic E-state index is -4.80. The second-order valence-corrected chi connectivity index (χ2v) is 10.2. The number of pyridine rings is 1. The van der Waals surface area contributed by atoms with Crippen LogP contribution < -0.4 is 9.47 Å². The monoisotopic (exact) mass is 503 g/mol. The first kappa shape index (κ1) is 27.4. The van der Waals surface area contributed by atoms with Gasteiger partial charge >= 0.3 is 6.36 Å². The van der Waals surface area contributed by atoms with Crippen molar-refractivity contribution in [3.63, 3.8) is 0 Å². The number of aryl methyl sites for hydroxylation is 1. The summed E-state index contributed by atoms with van der Waals surface area (Å²) in [5.41, 5.74) is 2.74. The Morgan fingerprint density at radius 1 is 1.17 bits per heavy atom. The van der Waals surface area contributed by atoms with Crippen LogP contribution in [0.1, 0.15) is 84.8 Å². The summed E-state index contributed by atoms with van der Waals surface area (Å²) in [6.45, 7) is 9.38. The summed E-state index contributed by atoms with van der Waals surface area (Å²) >= 11 is 0. The molecule has 0 spiro atoms. The van der Waals surface area contributed by atoms with Gasteiger partial charge in [-0.3, -0.25) is 14.6 Å². The van der Waals surface area contributed by atoms with E-state index in [0.29, 0.717) is 16.9 Å². The Kier molecular flexibility index (Phi) is 7.96. The molecule has 1 aliphatic rings. The molecule has 0 aliphatic heterocycles. The number of carbonyl (C=O) groups excluding carboxylic acids is 2. The molecule has 8 heteroatoms. The van der Waals surface area contributed by atoms with Crippen LogP contribution in [-0.4, -0.2) is 30.0 Å². The maximum atomic E-state index is 13.3. The van der Waals surface area contributed by atoms with Crippen LogP contribution in [0.5, 0.6) is 11.5 Å². The molecule has 0 radical (unpaired) electrons. The smallest absolute Gasteiger partial charge is 0.496 e. The molecule has 0 amide bonds. The zero-order valence-electron chi connectivity index (χ0n) is 21.5. The van der Waals surface area contributed by atoms with Crippen molar-refractivity contribution >= 4 is 11.6 Å². The van der Waals surface area contributed by atoms with Crippen LogP contribution in [-0.2, 0) is 0 Å². The first-order valence-corrected chi connectivity index (χ1v) is 11.8. The van der Waals surface area contributed by atoms with Gasteiger partial charge in [-0.05, 0) is 79.7 Å². The minimum absolute atomic E-state index is 0.0145. The summed E-state index contributed by atoms with van der Waals surface area (Å²) in [5.74, 6) is -0.727. The number of hydrogen-bond acceptors (Lipinski definition) is 5. The number of alkyl halides is 3. The third-order valence-electron chi connectivity index (χ3n) is 6.91. The number of rotatable bonds is 7. The maximum absolute atomic E-state index is 13.3. The molecule has 1 aromatic carbocycles. The quantitative estimate of drug-likeness (QED) is 0.294. The molecule has 2 aromatic rings. The van der Waals surface area contributed by atoms with Crippen molar-refractivity contribution in [2.24, 2.45) is 11.3 Å². The van der Waals surface area contributed by atoms with Gasteiger partial charge in [0.1, 0.15) is 17.2 Å². The number of carbonyl (C=O) groups is 2. The van der Waals surface area contributed by atoms with Gasteiger partial charge in [-0.25, -0.2) is 0 Å². The van der Waals surface area contributed by atoms with E-state index in [1.54, 1.807) is 25.1 Å². The fourth-order valence-electron chi connectivity index (χ4n) is 5.15. The second kappa shape index (κ2) is 10.4. The van der Waals surface area contributed by atoms with Crippen LogP contribution in [0.4, 0.5) is 13.2 Å². The number of methoxy groups -OCH3 is 1. The average Bonchev–Trinajstić information content (AvgIpc) is 2.77. The third kappa shape index (κ3) is 6.33. The predicted octanol–water partition coefficient (Wildman–Crippen LogP) is 7.24. The molecule has 194 valence electrons. The van der Waals surface area contributed by atoms with Crippen molar-refractivity contribution in [3.05, 3.63) is 64.5 Å².